The predicted molar refractivity (Wildman–Crippen MR) is 78.0 cm³/mol. The van der Waals surface area contributed by atoms with Crippen LogP contribution < -0.4 is 0 Å². The lowest BCUT2D eigenvalue weighted by Crippen LogP contribution is -2.53. The summed E-state index contributed by atoms with van der Waals surface area (Å²) in [4.78, 5) is 27.8. The first-order valence-electron chi connectivity index (χ1n) is 7.70. The minimum absolute atomic E-state index is 0.0949. The van der Waals surface area contributed by atoms with Gasteiger partial charge in [-0.05, 0) is 33.6 Å². The van der Waals surface area contributed by atoms with Gasteiger partial charge in [0, 0.05) is 32.2 Å². The lowest BCUT2D eigenvalue weighted by Gasteiger charge is -2.35. The Hall–Kier alpha value is -1.14. The number of ether oxygens (including phenoxy) is 1. The normalized spacial score (nSPS) is 35.1. The van der Waals surface area contributed by atoms with Gasteiger partial charge >= 0.3 is 5.97 Å². The zero-order chi connectivity index (χ0) is 15.7. The monoisotopic (exact) mass is 298 g/mol. The lowest BCUT2D eigenvalue weighted by atomic mass is 10.1. The molecule has 0 aliphatic carbocycles. The Bertz CT molecular complexity index is 404. The van der Waals surface area contributed by atoms with E-state index in [4.69, 9.17) is 4.74 Å². The Balaban J connectivity index is 2.12. The van der Waals surface area contributed by atoms with Crippen LogP contribution in [0.4, 0.5) is 0 Å². The van der Waals surface area contributed by atoms with Crippen LogP contribution in [0.1, 0.15) is 40.0 Å². The molecule has 120 valence electrons. The van der Waals surface area contributed by atoms with Crippen LogP contribution in [-0.2, 0) is 14.3 Å². The van der Waals surface area contributed by atoms with Gasteiger partial charge in [0.15, 0.2) is 0 Å². The van der Waals surface area contributed by atoms with Crippen molar-refractivity contribution in [2.75, 3.05) is 13.7 Å². The van der Waals surface area contributed by atoms with Gasteiger partial charge in [-0.3, -0.25) is 9.69 Å². The summed E-state index contributed by atoms with van der Waals surface area (Å²) >= 11 is 0. The predicted octanol–water partition coefficient (Wildman–Crippen LogP) is 0.948. The molecule has 1 amide bonds. The fraction of sp³-hybridized carbons (Fsp3) is 0.867. The molecule has 5 unspecified atom stereocenters. The van der Waals surface area contributed by atoms with E-state index in [2.05, 4.69) is 18.7 Å². The molecule has 0 aromatic rings. The van der Waals surface area contributed by atoms with Gasteiger partial charge in [0.25, 0.3) is 0 Å². The van der Waals surface area contributed by atoms with Crippen LogP contribution in [0.15, 0.2) is 0 Å². The molecule has 5 atom stereocenters. The number of aliphatic carboxylic acids is 1. The summed E-state index contributed by atoms with van der Waals surface area (Å²) in [5.74, 6) is -1.04. The zero-order valence-electron chi connectivity index (χ0n) is 13.3. The highest BCUT2D eigenvalue weighted by molar-refractivity contribution is 5.87. The number of carbonyl (C=O) groups excluding carboxylic acids is 1. The van der Waals surface area contributed by atoms with Crippen LogP contribution in [-0.4, -0.2) is 70.7 Å². The summed E-state index contributed by atoms with van der Waals surface area (Å²) in [6, 6.07) is -0.320. The van der Waals surface area contributed by atoms with E-state index in [0.29, 0.717) is 25.0 Å². The second-order valence-corrected chi connectivity index (χ2v) is 6.34. The number of carbonyl (C=O) groups is 2. The fourth-order valence-corrected chi connectivity index (χ4v) is 3.79. The number of carboxylic acid groups (broad SMARTS) is 1. The molecular weight excluding hydrogens is 272 g/mol. The summed E-state index contributed by atoms with van der Waals surface area (Å²) in [7, 11) is 1.56. The van der Waals surface area contributed by atoms with Gasteiger partial charge in [-0.15, -0.1) is 0 Å². The molecule has 0 aromatic heterocycles. The zero-order valence-corrected chi connectivity index (χ0v) is 13.3. The van der Waals surface area contributed by atoms with Crippen molar-refractivity contribution in [1.29, 1.82) is 0 Å². The number of nitrogens with zero attached hydrogens (tertiary/aromatic N) is 2. The minimum atomic E-state index is -0.947. The maximum absolute atomic E-state index is 12.8. The summed E-state index contributed by atoms with van der Waals surface area (Å²) in [5, 5.41) is 9.33. The summed E-state index contributed by atoms with van der Waals surface area (Å²) in [5.41, 5.74) is 0. The van der Waals surface area contributed by atoms with Crippen molar-refractivity contribution in [3.8, 4) is 0 Å². The highest BCUT2D eigenvalue weighted by Gasteiger charge is 2.44. The quantitative estimate of drug-likeness (QED) is 0.837. The molecule has 6 heteroatoms. The molecule has 6 nitrogen and oxygen atoms in total. The first-order chi connectivity index (χ1) is 9.86. The van der Waals surface area contributed by atoms with Crippen molar-refractivity contribution in [2.24, 2.45) is 0 Å². The molecule has 2 saturated heterocycles. The van der Waals surface area contributed by atoms with E-state index in [0.717, 1.165) is 12.8 Å². The van der Waals surface area contributed by atoms with Gasteiger partial charge in [-0.1, -0.05) is 0 Å². The molecule has 2 aliphatic rings. The molecular formula is C15H26N2O4. The summed E-state index contributed by atoms with van der Waals surface area (Å²) < 4.78 is 5.25. The average molecular weight is 298 g/mol. The molecule has 21 heavy (non-hydrogen) atoms. The van der Waals surface area contributed by atoms with E-state index in [1.807, 2.05) is 6.92 Å². The number of hydrogen-bond donors (Lipinski definition) is 1. The number of likely N-dealkylation sites (tertiary alicyclic amines) is 2. The third-order valence-electron chi connectivity index (χ3n) is 4.99. The Morgan fingerprint density at radius 1 is 1.24 bits per heavy atom. The maximum atomic E-state index is 12.8. The van der Waals surface area contributed by atoms with Crippen molar-refractivity contribution in [1.82, 2.24) is 9.80 Å². The van der Waals surface area contributed by atoms with E-state index in [-0.39, 0.29) is 18.1 Å². The van der Waals surface area contributed by atoms with Crippen LogP contribution in [0.3, 0.4) is 0 Å². The average Bonchev–Trinajstić information content (AvgIpc) is 3.01. The van der Waals surface area contributed by atoms with Gasteiger partial charge in [0.1, 0.15) is 6.04 Å². The van der Waals surface area contributed by atoms with Gasteiger partial charge < -0.3 is 14.7 Å². The minimum Gasteiger partial charge on any atom is -0.480 e. The Kier molecular flexibility index (Phi) is 4.88. The lowest BCUT2D eigenvalue weighted by molar-refractivity contribution is -0.150. The van der Waals surface area contributed by atoms with Gasteiger partial charge in [-0.2, -0.15) is 0 Å². The Morgan fingerprint density at radius 2 is 1.81 bits per heavy atom. The van der Waals surface area contributed by atoms with Gasteiger partial charge in [0.2, 0.25) is 5.91 Å². The van der Waals surface area contributed by atoms with Crippen molar-refractivity contribution in [2.45, 2.75) is 70.3 Å². The number of rotatable bonds is 4. The fourth-order valence-electron chi connectivity index (χ4n) is 3.79. The maximum Gasteiger partial charge on any atom is 0.326 e. The topological polar surface area (TPSA) is 70.1 Å². The van der Waals surface area contributed by atoms with Gasteiger partial charge in [0.05, 0.1) is 12.1 Å². The number of methoxy groups -OCH3 is 1. The summed E-state index contributed by atoms with van der Waals surface area (Å²) in [6.07, 6.45) is 2.36. The molecule has 0 aromatic carbocycles. The van der Waals surface area contributed by atoms with E-state index in [9.17, 15) is 14.7 Å². The number of amides is 1. The SMILES string of the molecule is COC1CC(C(=O)O)N(C(=O)C(C)N2C(C)CCC2C)C1. The van der Waals surface area contributed by atoms with Crippen LogP contribution in [0.5, 0.6) is 0 Å². The first kappa shape index (κ1) is 16.2. The molecule has 2 rings (SSSR count). The third kappa shape index (κ3) is 3.06. The highest BCUT2D eigenvalue weighted by Crippen LogP contribution is 2.28. The molecule has 1 N–H and O–H groups in total. The largest absolute Gasteiger partial charge is 0.480 e. The molecule has 0 spiro atoms. The van der Waals surface area contributed by atoms with Gasteiger partial charge in [-0.25, -0.2) is 4.79 Å². The highest BCUT2D eigenvalue weighted by atomic mass is 16.5. The first-order valence-corrected chi connectivity index (χ1v) is 7.70. The molecule has 2 heterocycles. The molecule has 2 aliphatic heterocycles. The number of carboxylic acids is 1. The summed E-state index contributed by atoms with van der Waals surface area (Å²) in [6.45, 7) is 6.51. The molecule has 2 fully saturated rings. The second-order valence-electron chi connectivity index (χ2n) is 6.34. The Morgan fingerprint density at radius 3 is 2.29 bits per heavy atom. The van der Waals surface area contributed by atoms with Crippen molar-refractivity contribution < 1.29 is 19.4 Å². The Labute approximate surface area is 126 Å². The van der Waals surface area contributed by atoms with E-state index in [1.54, 1.807) is 7.11 Å². The van der Waals surface area contributed by atoms with Crippen molar-refractivity contribution in [3.05, 3.63) is 0 Å². The van der Waals surface area contributed by atoms with Crippen LogP contribution in [0.25, 0.3) is 0 Å². The second kappa shape index (κ2) is 6.32. The van der Waals surface area contributed by atoms with E-state index < -0.39 is 12.0 Å². The molecule has 0 bridgehead atoms. The standard InChI is InChI=1S/C15H26N2O4/c1-9-5-6-10(2)17(9)11(3)14(18)16-8-12(21-4)7-13(16)15(19)20/h9-13H,5-8H2,1-4H3,(H,19,20). The smallest absolute Gasteiger partial charge is 0.326 e. The molecule has 0 saturated carbocycles. The van der Waals surface area contributed by atoms with Crippen molar-refractivity contribution in [3.63, 3.8) is 0 Å². The molecule has 0 radical (unpaired) electrons. The van der Waals surface area contributed by atoms with Crippen LogP contribution in [0, 0.1) is 0 Å². The van der Waals surface area contributed by atoms with Crippen LogP contribution >= 0.6 is 0 Å². The van der Waals surface area contributed by atoms with Crippen molar-refractivity contribution >= 4 is 11.9 Å². The van der Waals surface area contributed by atoms with E-state index >= 15 is 0 Å². The van der Waals surface area contributed by atoms with Crippen LogP contribution in [0.2, 0.25) is 0 Å². The van der Waals surface area contributed by atoms with E-state index in [1.165, 1.54) is 4.90 Å². The third-order valence-corrected chi connectivity index (χ3v) is 4.99. The number of hydrogen-bond acceptors (Lipinski definition) is 4.